The largest absolute Gasteiger partial charge is 0.449 e. The van der Waals surface area contributed by atoms with Crippen LogP contribution in [0.4, 0.5) is 4.79 Å². The molecule has 53 heavy (non-hydrogen) atoms. The lowest BCUT2D eigenvalue weighted by Crippen LogP contribution is -2.46. The monoisotopic (exact) mass is 727 g/mol. The van der Waals surface area contributed by atoms with E-state index in [4.69, 9.17) is 14.6 Å². The van der Waals surface area contributed by atoms with Gasteiger partial charge in [0.1, 0.15) is 6.61 Å². The zero-order valence-electron chi connectivity index (χ0n) is 30.8. The zero-order valence-corrected chi connectivity index (χ0v) is 30.8. The number of aliphatic hydroxyl groups is 1. The number of carbonyl (C=O) groups excluding carboxylic acids is 5. The van der Waals surface area contributed by atoms with E-state index in [0.717, 1.165) is 27.8 Å². The highest BCUT2D eigenvalue weighted by Crippen LogP contribution is 2.44. The standard InChI is InChI=1S/C42H53N3O8/c1-29(2)24-38(39(48)18-19-40(49)43-20-10-22-52-23-11-21-46)45-41(50)31(25-30-12-4-3-5-13-30)26-32(47)27-44-42(51)53-28-37-35-16-8-6-14-33(35)34-15-7-9-17-36(34)37/h3-9,12-17,29,31,37-38,46H,10-11,18-28H2,1-2H3,(H,43,49)(H,44,51)(H,45,50). The molecule has 0 aliphatic heterocycles. The van der Waals surface area contributed by atoms with E-state index in [2.05, 4.69) is 28.1 Å². The van der Waals surface area contributed by atoms with E-state index in [1.54, 1.807) is 0 Å². The van der Waals surface area contributed by atoms with Gasteiger partial charge in [-0.2, -0.15) is 0 Å². The van der Waals surface area contributed by atoms with Gasteiger partial charge in [0.2, 0.25) is 11.8 Å². The molecule has 3 aromatic rings. The van der Waals surface area contributed by atoms with Gasteiger partial charge < -0.3 is 30.5 Å². The second-order valence-electron chi connectivity index (χ2n) is 13.9. The number of ether oxygens (including phenoxy) is 2. The molecule has 2 atom stereocenters. The third-order valence-electron chi connectivity index (χ3n) is 9.19. The summed E-state index contributed by atoms with van der Waals surface area (Å²) in [6.07, 6.45) is 0.892. The lowest BCUT2D eigenvalue weighted by Gasteiger charge is -2.23. The SMILES string of the molecule is CC(C)CC(NC(=O)C(CC(=O)CNC(=O)OCC1c2ccccc2-c2ccccc21)Cc1ccccc1)C(=O)CCC(=O)NCCCOCCCO. The number of alkyl carbamates (subject to hydrolysis) is 1. The Morgan fingerprint density at radius 2 is 1.43 bits per heavy atom. The molecule has 3 amide bonds. The second-order valence-corrected chi connectivity index (χ2v) is 13.9. The molecule has 0 saturated carbocycles. The van der Waals surface area contributed by atoms with Crippen LogP contribution in [-0.4, -0.2) is 80.1 Å². The number of carbonyl (C=O) groups is 5. The van der Waals surface area contributed by atoms with Crippen LogP contribution in [0.2, 0.25) is 0 Å². The van der Waals surface area contributed by atoms with Gasteiger partial charge in [0, 0.05) is 57.5 Å². The number of amides is 3. The lowest BCUT2D eigenvalue weighted by molar-refractivity contribution is -0.133. The molecular weight excluding hydrogens is 674 g/mol. The highest BCUT2D eigenvalue weighted by Gasteiger charge is 2.30. The number of benzene rings is 3. The van der Waals surface area contributed by atoms with Crippen LogP contribution < -0.4 is 16.0 Å². The molecule has 2 unspecified atom stereocenters. The van der Waals surface area contributed by atoms with Crippen molar-refractivity contribution in [2.75, 3.05) is 39.5 Å². The molecule has 0 aromatic heterocycles. The van der Waals surface area contributed by atoms with Gasteiger partial charge in [0.05, 0.1) is 12.6 Å². The van der Waals surface area contributed by atoms with Gasteiger partial charge in [-0.15, -0.1) is 0 Å². The van der Waals surface area contributed by atoms with Crippen LogP contribution in [0.5, 0.6) is 0 Å². The summed E-state index contributed by atoms with van der Waals surface area (Å²) in [5.41, 5.74) is 5.24. The summed E-state index contributed by atoms with van der Waals surface area (Å²) >= 11 is 0. The van der Waals surface area contributed by atoms with Gasteiger partial charge in [-0.05, 0) is 59.4 Å². The fraction of sp³-hybridized carbons (Fsp3) is 0.452. The summed E-state index contributed by atoms with van der Waals surface area (Å²) in [5, 5.41) is 17.0. The minimum atomic E-state index is -0.817. The van der Waals surface area contributed by atoms with Gasteiger partial charge >= 0.3 is 6.09 Å². The topological polar surface area (TPSA) is 160 Å². The number of rotatable bonds is 23. The Labute approximate surface area is 312 Å². The quantitative estimate of drug-likeness (QED) is 0.0979. The van der Waals surface area contributed by atoms with Crippen molar-refractivity contribution < 1.29 is 38.6 Å². The van der Waals surface area contributed by atoms with Crippen molar-refractivity contribution in [3.63, 3.8) is 0 Å². The lowest BCUT2D eigenvalue weighted by atomic mass is 9.91. The Morgan fingerprint density at radius 1 is 0.792 bits per heavy atom. The van der Waals surface area contributed by atoms with Crippen molar-refractivity contribution in [2.24, 2.45) is 11.8 Å². The predicted molar refractivity (Wildman–Crippen MR) is 202 cm³/mol. The molecule has 0 spiro atoms. The molecule has 4 N–H and O–H groups in total. The highest BCUT2D eigenvalue weighted by atomic mass is 16.5. The minimum absolute atomic E-state index is 0.0118. The van der Waals surface area contributed by atoms with Gasteiger partial charge in [0.15, 0.2) is 11.6 Å². The second kappa shape index (κ2) is 21.6. The summed E-state index contributed by atoms with van der Waals surface area (Å²) in [7, 11) is 0. The average molecular weight is 728 g/mol. The molecule has 0 radical (unpaired) electrons. The minimum Gasteiger partial charge on any atom is -0.449 e. The van der Waals surface area contributed by atoms with E-state index in [-0.39, 0.29) is 74.8 Å². The molecule has 1 aliphatic carbocycles. The third kappa shape index (κ3) is 13.2. The number of Topliss-reactive ketones (excluding diaryl/α,β-unsaturated/α-hetero) is 2. The molecule has 3 aromatic carbocycles. The highest BCUT2D eigenvalue weighted by molar-refractivity contribution is 5.94. The smallest absolute Gasteiger partial charge is 0.407 e. The third-order valence-corrected chi connectivity index (χ3v) is 9.19. The van der Waals surface area contributed by atoms with E-state index in [1.807, 2.05) is 80.6 Å². The molecule has 11 nitrogen and oxygen atoms in total. The van der Waals surface area contributed by atoms with Crippen molar-refractivity contribution in [1.82, 2.24) is 16.0 Å². The van der Waals surface area contributed by atoms with Crippen LogP contribution in [0.3, 0.4) is 0 Å². The fourth-order valence-corrected chi connectivity index (χ4v) is 6.53. The Hall–Kier alpha value is -4.87. The predicted octanol–water partition coefficient (Wildman–Crippen LogP) is 5.13. The maximum Gasteiger partial charge on any atom is 0.407 e. The first kappa shape index (κ1) is 40.9. The first-order valence-corrected chi connectivity index (χ1v) is 18.6. The molecule has 11 heteroatoms. The maximum atomic E-state index is 13.7. The van der Waals surface area contributed by atoms with Crippen LogP contribution >= 0.6 is 0 Å². The van der Waals surface area contributed by atoms with Gasteiger partial charge in [0.25, 0.3) is 0 Å². The van der Waals surface area contributed by atoms with Crippen LogP contribution in [0, 0.1) is 11.8 Å². The molecule has 284 valence electrons. The van der Waals surface area contributed by atoms with Crippen LogP contribution in [0.1, 0.15) is 75.0 Å². The summed E-state index contributed by atoms with van der Waals surface area (Å²) in [4.78, 5) is 65.4. The van der Waals surface area contributed by atoms with Crippen molar-refractivity contribution in [2.45, 2.75) is 70.8 Å². The average Bonchev–Trinajstić information content (AvgIpc) is 3.48. The van der Waals surface area contributed by atoms with Gasteiger partial charge in [-0.3, -0.25) is 19.2 Å². The van der Waals surface area contributed by atoms with Crippen LogP contribution in [0.15, 0.2) is 78.9 Å². The normalized spacial score (nSPS) is 13.1. The van der Waals surface area contributed by atoms with Crippen LogP contribution in [-0.2, 0) is 35.1 Å². The molecule has 1 aliphatic rings. The van der Waals surface area contributed by atoms with Crippen LogP contribution in [0.25, 0.3) is 11.1 Å². The van der Waals surface area contributed by atoms with Gasteiger partial charge in [-0.1, -0.05) is 92.7 Å². The van der Waals surface area contributed by atoms with Crippen molar-refractivity contribution >= 4 is 29.5 Å². The van der Waals surface area contributed by atoms with Gasteiger partial charge in [-0.25, -0.2) is 4.79 Å². The molecular formula is C42H53N3O8. The van der Waals surface area contributed by atoms with E-state index >= 15 is 0 Å². The molecule has 0 fully saturated rings. The Kier molecular flexibility index (Phi) is 16.7. The van der Waals surface area contributed by atoms with Crippen molar-refractivity contribution in [1.29, 1.82) is 0 Å². The summed E-state index contributed by atoms with van der Waals surface area (Å²) in [6, 6.07) is 24.5. The number of fused-ring (bicyclic) bond motifs is 3. The number of hydrogen-bond acceptors (Lipinski definition) is 8. The maximum absolute atomic E-state index is 13.7. The van der Waals surface area contributed by atoms with E-state index < -0.39 is 24.0 Å². The van der Waals surface area contributed by atoms with Crippen molar-refractivity contribution in [3.8, 4) is 11.1 Å². The Morgan fingerprint density at radius 3 is 2.09 bits per heavy atom. The molecule has 0 saturated heterocycles. The first-order chi connectivity index (χ1) is 25.7. The number of aliphatic hydroxyl groups excluding tert-OH is 1. The van der Waals surface area contributed by atoms with E-state index in [9.17, 15) is 24.0 Å². The summed E-state index contributed by atoms with van der Waals surface area (Å²) in [5.74, 6) is -2.13. The summed E-state index contributed by atoms with van der Waals surface area (Å²) in [6.45, 7) is 5.08. The Balaban J connectivity index is 1.29. The summed E-state index contributed by atoms with van der Waals surface area (Å²) < 4.78 is 10.9. The zero-order chi connectivity index (χ0) is 38.0. The molecule has 4 rings (SSSR count). The first-order valence-electron chi connectivity index (χ1n) is 18.6. The van der Waals surface area contributed by atoms with E-state index in [1.165, 1.54) is 0 Å². The number of nitrogens with one attached hydrogen (secondary N) is 3. The van der Waals surface area contributed by atoms with E-state index in [0.29, 0.717) is 39.0 Å². The number of hydrogen-bond donors (Lipinski definition) is 4. The molecule has 0 heterocycles. The fourth-order valence-electron chi connectivity index (χ4n) is 6.53. The number of ketones is 2. The molecule has 0 bridgehead atoms. The van der Waals surface area contributed by atoms with Crippen molar-refractivity contribution in [3.05, 3.63) is 95.6 Å². The Bertz CT molecular complexity index is 1620.